The SMILES string of the molecule is NOCCc1c[nH]c2cc(Cl)ccc12. The van der Waals surface area contributed by atoms with E-state index in [0.717, 1.165) is 17.0 Å². The highest BCUT2D eigenvalue weighted by Crippen LogP contribution is 2.22. The molecule has 0 fully saturated rings. The molecule has 2 aromatic rings. The molecule has 0 spiro atoms. The first-order chi connectivity index (χ1) is 6.81. The molecule has 3 N–H and O–H groups in total. The number of nitrogens with one attached hydrogen (secondary N) is 1. The predicted molar refractivity (Wildman–Crippen MR) is 57.2 cm³/mol. The molecule has 0 aliphatic rings. The summed E-state index contributed by atoms with van der Waals surface area (Å²) < 4.78 is 0. The molecule has 0 atom stereocenters. The fourth-order valence-electron chi connectivity index (χ4n) is 1.53. The van der Waals surface area contributed by atoms with Crippen molar-refractivity contribution in [3.05, 3.63) is 35.0 Å². The molecular formula is C10H11ClN2O. The van der Waals surface area contributed by atoms with Crippen LogP contribution in [0.3, 0.4) is 0 Å². The molecule has 74 valence electrons. The summed E-state index contributed by atoms with van der Waals surface area (Å²) in [5, 5.41) is 1.91. The van der Waals surface area contributed by atoms with Crippen molar-refractivity contribution in [2.45, 2.75) is 6.42 Å². The summed E-state index contributed by atoms with van der Waals surface area (Å²) in [5.74, 6) is 4.98. The lowest BCUT2D eigenvalue weighted by Crippen LogP contribution is -2.03. The molecule has 0 aliphatic carbocycles. The Morgan fingerprint density at radius 1 is 1.43 bits per heavy atom. The minimum atomic E-state index is 0.523. The predicted octanol–water partition coefficient (Wildman–Crippen LogP) is 2.25. The van der Waals surface area contributed by atoms with E-state index in [1.54, 1.807) is 0 Å². The summed E-state index contributed by atoms with van der Waals surface area (Å²) in [6.45, 7) is 0.523. The number of hydrogen-bond acceptors (Lipinski definition) is 2. The second-order valence-electron chi connectivity index (χ2n) is 3.12. The van der Waals surface area contributed by atoms with Gasteiger partial charge in [0.2, 0.25) is 0 Å². The van der Waals surface area contributed by atoms with E-state index in [2.05, 4.69) is 9.82 Å². The summed E-state index contributed by atoms with van der Waals surface area (Å²) in [6, 6.07) is 5.79. The molecule has 0 radical (unpaired) electrons. The number of fused-ring (bicyclic) bond motifs is 1. The third-order valence-electron chi connectivity index (χ3n) is 2.22. The van der Waals surface area contributed by atoms with Crippen molar-refractivity contribution in [1.82, 2.24) is 4.98 Å². The van der Waals surface area contributed by atoms with Crippen LogP contribution in [0.1, 0.15) is 5.56 Å². The highest BCUT2D eigenvalue weighted by atomic mass is 35.5. The third kappa shape index (κ3) is 1.75. The first-order valence-corrected chi connectivity index (χ1v) is 4.76. The molecule has 4 heteroatoms. The van der Waals surface area contributed by atoms with E-state index in [0.29, 0.717) is 6.61 Å². The van der Waals surface area contributed by atoms with Crippen LogP contribution in [-0.2, 0) is 11.3 Å². The van der Waals surface area contributed by atoms with Crippen LogP contribution in [0.4, 0.5) is 0 Å². The molecule has 3 nitrogen and oxygen atoms in total. The monoisotopic (exact) mass is 210 g/mol. The zero-order chi connectivity index (χ0) is 9.97. The van der Waals surface area contributed by atoms with Gasteiger partial charge in [-0.1, -0.05) is 17.7 Å². The molecule has 0 saturated carbocycles. The van der Waals surface area contributed by atoms with Crippen LogP contribution in [0.5, 0.6) is 0 Å². The Morgan fingerprint density at radius 2 is 2.29 bits per heavy atom. The Morgan fingerprint density at radius 3 is 3.07 bits per heavy atom. The Bertz CT molecular complexity index is 439. The van der Waals surface area contributed by atoms with Crippen molar-refractivity contribution in [3.8, 4) is 0 Å². The van der Waals surface area contributed by atoms with Crippen LogP contribution < -0.4 is 5.90 Å². The van der Waals surface area contributed by atoms with E-state index in [1.165, 1.54) is 10.9 Å². The van der Waals surface area contributed by atoms with Crippen molar-refractivity contribution < 1.29 is 4.84 Å². The molecule has 0 amide bonds. The van der Waals surface area contributed by atoms with Gasteiger partial charge in [-0.05, 0) is 24.1 Å². The number of aromatic nitrogens is 1. The molecule has 1 aromatic heterocycles. The number of aromatic amines is 1. The summed E-state index contributed by atoms with van der Waals surface area (Å²) in [5.41, 5.74) is 2.24. The van der Waals surface area contributed by atoms with Gasteiger partial charge in [-0.3, -0.25) is 0 Å². The summed E-state index contributed by atoms with van der Waals surface area (Å²) in [7, 11) is 0. The van der Waals surface area contributed by atoms with Gasteiger partial charge in [-0.25, -0.2) is 5.90 Å². The maximum Gasteiger partial charge on any atom is 0.0720 e. The molecule has 0 aliphatic heterocycles. The molecule has 0 saturated heterocycles. The Balaban J connectivity index is 2.37. The van der Waals surface area contributed by atoms with E-state index in [9.17, 15) is 0 Å². The Hall–Kier alpha value is -1.03. The van der Waals surface area contributed by atoms with E-state index in [4.69, 9.17) is 17.5 Å². The van der Waals surface area contributed by atoms with Gasteiger partial charge in [0.25, 0.3) is 0 Å². The lowest BCUT2D eigenvalue weighted by Gasteiger charge is -1.97. The van der Waals surface area contributed by atoms with Gasteiger partial charge >= 0.3 is 0 Å². The second kappa shape index (κ2) is 4.00. The van der Waals surface area contributed by atoms with Crippen molar-refractivity contribution in [2.24, 2.45) is 5.90 Å². The summed E-state index contributed by atoms with van der Waals surface area (Å²) in [4.78, 5) is 7.70. The molecule has 0 bridgehead atoms. The molecule has 1 heterocycles. The van der Waals surface area contributed by atoms with Crippen molar-refractivity contribution in [1.29, 1.82) is 0 Å². The zero-order valence-corrected chi connectivity index (χ0v) is 8.34. The highest BCUT2D eigenvalue weighted by molar-refractivity contribution is 6.31. The van der Waals surface area contributed by atoms with Crippen molar-refractivity contribution in [2.75, 3.05) is 6.61 Å². The van der Waals surface area contributed by atoms with Crippen LogP contribution in [0.15, 0.2) is 24.4 Å². The fraction of sp³-hybridized carbons (Fsp3) is 0.200. The number of halogens is 1. The van der Waals surface area contributed by atoms with E-state index in [-0.39, 0.29) is 0 Å². The largest absolute Gasteiger partial charge is 0.361 e. The van der Waals surface area contributed by atoms with Gasteiger partial charge in [0.05, 0.1) is 6.61 Å². The number of rotatable bonds is 3. The highest BCUT2D eigenvalue weighted by Gasteiger charge is 2.03. The van der Waals surface area contributed by atoms with E-state index in [1.807, 2.05) is 24.4 Å². The minimum absolute atomic E-state index is 0.523. The van der Waals surface area contributed by atoms with Crippen molar-refractivity contribution >= 4 is 22.5 Å². The number of nitrogens with two attached hydrogens (primary N) is 1. The third-order valence-corrected chi connectivity index (χ3v) is 2.45. The summed E-state index contributed by atoms with van der Waals surface area (Å²) >= 11 is 5.87. The molecular weight excluding hydrogens is 200 g/mol. The molecule has 1 aromatic carbocycles. The van der Waals surface area contributed by atoms with Gasteiger partial charge in [0.1, 0.15) is 0 Å². The Kier molecular flexibility index (Phi) is 2.72. The molecule has 2 rings (SSSR count). The van der Waals surface area contributed by atoms with Gasteiger partial charge in [0.15, 0.2) is 0 Å². The lowest BCUT2D eigenvalue weighted by atomic mass is 10.1. The number of hydrogen-bond donors (Lipinski definition) is 2. The summed E-state index contributed by atoms with van der Waals surface area (Å²) in [6.07, 6.45) is 2.76. The van der Waals surface area contributed by atoms with Crippen LogP contribution in [0.2, 0.25) is 5.02 Å². The van der Waals surface area contributed by atoms with Gasteiger partial charge in [0, 0.05) is 22.1 Å². The Labute approximate surface area is 86.8 Å². The van der Waals surface area contributed by atoms with Crippen molar-refractivity contribution in [3.63, 3.8) is 0 Å². The minimum Gasteiger partial charge on any atom is -0.361 e. The quantitative estimate of drug-likeness (QED) is 0.764. The van der Waals surface area contributed by atoms with Crippen LogP contribution >= 0.6 is 11.6 Å². The first kappa shape index (κ1) is 9.52. The first-order valence-electron chi connectivity index (χ1n) is 4.38. The molecule has 14 heavy (non-hydrogen) atoms. The smallest absolute Gasteiger partial charge is 0.0720 e. The average Bonchev–Trinajstić information content (AvgIpc) is 2.57. The van der Waals surface area contributed by atoms with E-state index < -0.39 is 0 Å². The second-order valence-corrected chi connectivity index (χ2v) is 3.56. The maximum absolute atomic E-state index is 5.87. The standard InChI is InChI=1S/C10H11ClN2O/c11-8-1-2-9-7(3-4-14-12)6-13-10(9)5-8/h1-2,5-6,13H,3-4,12H2. The zero-order valence-electron chi connectivity index (χ0n) is 7.59. The van der Waals surface area contributed by atoms with Gasteiger partial charge in [-0.15, -0.1) is 0 Å². The van der Waals surface area contributed by atoms with Crippen LogP contribution in [0, 0.1) is 0 Å². The average molecular weight is 211 g/mol. The maximum atomic E-state index is 5.87. The van der Waals surface area contributed by atoms with E-state index >= 15 is 0 Å². The van der Waals surface area contributed by atoms with Gasteiger partial charge in [-0.2, -0.15) is 0 Å². The van der Waals surface area contributed by atoms with Crippen LogP contribution in [0.25, 0.3) is 10.9 Å². The normalized spacial score (nSPS) is 11.0. The number of benzene rings is 1. The van der Waals surface area contributed by atoms with Gasteiger partial charge < -0.3 is 9.82 Å². The molecule has 0 unspecified atom stereocenters. The topological polar surface area (TPSA) is 51.0 Å². The van der Waals surface area contributed by atoms with Crippen LogP contribution in [-0.4, -0.2) is 11.6 Å². The number of H-pyrrole nitrogens is 1. The fourth-order valence-corrected chi connectivity index (χ4v) is 1.71. The lowest BCUT2D eigenvalue weighted by molar-refractivity contribution is 0.141.